The molecule has 6 heteroatoms. The van der Waals surface area contributed by atoms with Crippen LogP contribution in [0.1, 0.15) is 25.7 Å². The van der Waals surface area contributed by atoms with Crippen molar-refractivity contribution in [2.45, 2.75) is 32.2 Å². The highest BCUT2D eigenvalue weighted by atomic mass is 35.5. The van der Waals surface area contributed by atoms with Gasteiger partial charge in [0.15, 0.2) is 4.77 Å². The molecule has 20 heavy (non-hydrogen) atoms. The van der Waals surface area contributed by atoms with E-state index in [1.54, 1.807) is 6.07 Å². The van der Waals surface area contributed by atoms with Gasteiger partial charge in [-0.25, -0.2) is 4.39 Å². The summed E-state index contributed by atoms with van der Waals surface area (Å²) in [6, 6.07) is 3.05. The third-order valence-electron chi connectivity index (χ3n) is 3.30. The van der Waals surface area contributed by atoms with Gasteiger partial charge in [-0.05, 0) is 43.1 Å². The van der Waals surface area contributed by atoms with E-state index >= 15 is 0 Å². The second-order valence-electron chi connectivity index (χ2n) is 4.77. The number of imidazole rings is 1. The van der Waals surface area contributed by atoms with E-state index < -0.39 is 5.82 Å². The lowest BCUT2D eigenvalue weighted by Crippen LogP contribution is -1.98. The fourth-order valence-electron chi connectivity index (χ4n) is 2.24. The van der Waals surface area contributed by atoms with Crippen LogP contribution in [0.15, 0.2) is 12.1 Å². The number of aromatic nitrogens is 2. The molecule has 2 rings (SSSR count). The maximum atomic E-state index is 13.4. The van der Waals surface area contributed by atoms with Crippen molar-refractivity contribution in [1.29, 1.82) is 0 Å². The number of H-pyrrole nitrogens is 1. The number of hydrogen-bond donors (Lipinski definition) is 1. The number of nitrogens with one attached hydrogen (secondary N) is 1. The topological polar surface area (TPSA) is 20.7 Å². The van der Waals surface area contributed by atoms with Crippen LogP contribution in [0, 0.1) is 10.6 Å². The summed E-state index contributed by atoms with van der Waals surface area (Å²) in [4.78, 5) is 3.03. The molecule has 2 aromatic rings. The molecule has 0 spiro atoms. The zero-order chi connectivity index (χ0) is 14.5. The Bertz CT molecular complexity index is 636. The van der Waals surface area contributed by atoms with Gasteiger partial charge in [-0.3, -0.25) is 0 Å². The highest BCUT2D eigenvalue weighted by Gasteiger charge is 2.08. The monoisotopic (exact) mass is 332 g/mol. The molecule has 1 aromatic heterocycles. The van der Waals surface area contributed by atoms with Gasteiger partial charge in [0.2, 0.25) is 0 Å². The summed E-state index contributed by atoms with van der Waals surface area (Å²) in [6.45, 7) is 0.847. The van der Waals surface area contributed by atoms with E-state index in [1.165, 1.54) is 31.1 Å². The van der Waals surface area contributed by atoms with Gasteiger partial charge in [-0.1, -0.05) is 24.4 Å². The third-order valence-corrected chi connectivity index (χ3v) is 4.61. The van der Waals surface area contributed by atoms with E-state index in [4.69, 9.17) is 23.8 Å². The third kappa shape index (κ3) is 3.77. The van der Waals surface area contributed by atoms with Crippen LogP contribution in [0.3, 0.4) is 0 Å². The molecule has 0 aliphatic rings. The van der Waals surface area contributed by atoms with Gasteiger partial charge in [0.25, 0.3) is 0 Å². The number of nitrogens with zero attached hydrogens (tertiary/aromatic N) is 1. The first-order valence-corrected chi connectivity index (χ1v) is 8.88. The summed E-state index contributed by atoms with van der Waals surface area (Å²) in [7, 11) is 0. The van der Waals surface area contributed by atoms with E-state index in [0.29, 0.717) is 10.3 Å². The predicted molar refractivity (Wildman–Crippen MR) is 88.9 cm³/mol. The molecule has 1 aromatic carbocycles. The highest BCUT2D eigenvalue weighted by molar-refractivity contribution is 7.98. The number of aromatic amines is 1. The molecule has 0 atom stereocenters. The normalized spacial score (nSPS) is 11.3. The summed E-state index contributed by atoms with van der Waals surface area (Å²) in [6.07, 6.45) is 6.89. The van der Waals surface area contributed by atoms with Crippen LogP contribution < -0.4 is 0 Å². The SMILES string of the molecule is CSCCCCCCn1c(=S)[nH]c2cc(F)c(Cl)cc21. The summed E-state index contributed by atoms with van der Waals surface area (Å²) in [5.74, 6) is 0.807. The van der Waals surface area contributed by atoms with Crippen LogP contribution in [0.4, 0.5) is 4.39 Å². The molecule has 1 heterocycles. The zero-order valence-corrected chi connectivity index (χ0v) is 13.8. The Labute approximate surface area is 132 Å². The first-order valence-electron chi connectivity index (χ1n) is 6.70. The second kappa shape index (κ2) is 7.48. The van der Waals surface area contributed by atoms with Crippen molar-refractivity contribution in [3.8, 4) is 0 Å². The lowest BCUT2D eigenvalue weighted by molar-refractivity contribution is 0.589. The van der Waals surface area contributed by atoms with E-state index in [2.05, 4.69) is 11.2 Å². The Morgan fingerprint density at radius 1 is 1.30 bits per heavy atom. The summed E-state index contributed by atoms with van der Waals surface area (Å²) >= 11 is 13.0. The van der Waals surface area contributed by atoms with Crippen molar-refractivity contribution in [2.75, 3.05) is 12.0 Å². The van der Waals surface area contributed by atoms with Crippen LogP contribution in [0.25, 0.3) is 11.0 Å². The van der Waals surface area contributed by atoms with Gasteiger partial charge < -0.3 is 9.55 Å². The Morgan fingerprint density at radius 3 is 2.80 bits per heavy atom. The smallest absolute Gasteiger partial charge is 0.178 e. The molecular weight excluding hydrogens is 315 g/mol. The maximum Gasteiger partial charge on any atom is 0.178 e. The Balaban J connectivity index is 2.04. The Hall–Kier alpha value is -0.520. The average molecular weight is 333 g/mol. The number of unbranched alkanes of at least 4 members (excludes halogenated alkanes) is 3. The van der Waals surface area contributed by atoms with Crippen molar-refractivity contribution in [1.82, 2.24) is 9.55 Å². The van der Waals surface area contributed by atoms with E-state index in [9.17, 15) is 4.39 Å². The fourth-order valence-corrected chi connectivity index (χ4v) is 3.19. The van der Waals surface area contributed by atoms with Crippen LogP contribution in [-0.2, 0) is 6.54 Å². The highest BCUT2D eigenvalue weighted by Crippen LogP contribution is 2.23. The second-order valence-corrected chi connectivity index (χ2v) is 6.55. The molecule has 0 unspecified atom stereocenters. The van der Waals surface area contributed by atoms with Gasteiger partial charge in [0, 0.05) is 12.6 Å². The molecule has 0 amide bonds. The molecule has 0 aliphatic heterocycles. The number of benzene rings is 1. The number of rotatable bonds is 7. The minimum atomic E-state index is -0.417. The van der Waals surface area contributed by atoms with Gasteiger partial charge in [-0.2, -0.15) is 11.8 Å². The summed E-state index contributed by atoms with van der Waals surface area (Å²) in [5.41, 5.74) is 1.59. The molecule has 2 nitrogen and oxygen atoms in total. The quantitative estimate of drug-likeness (QED) is 0.540. The number of hydrogen-bond acceptors (Lipinski definition) is 2. The van der Waals surface area contributed by atoms with Gasteiger partial charge in [0.05, 0.1) is 16.1 Å². The van der Waals surface area contributed by atoms with Crippen LogP contribution in [0.5, 0.6) is 0 Å². The van der Waals surface area contributed by atoms with Crippen LogP contribution in [0.2, 0.25) is 5.02 Å². The molecule has 0 radical (unpaired) electrons. The van der Waals surface area contributed by atoms with Crippen molar-refractivity contribution >= 4 is 46.6 Å². The minimum Gasteiger partial charge on any atom is -0.330 e. The number of thioether (sulfide) groups is 1. The molecule has 0 saturated heterocycles. The zero-order valence-electron chi connectivity index (χ0n) is 11.4. The average Bonchev–Trinajstić information content (AvgIpc) is 2.70. The molecular formula is C14H18ClFN2S2. The standard InChI is InChI=1S/C14H18ClFN2S2/c1-20-7-5-3-2-4-6-18-13-8-10(15)11(16)9-12(13)17-14(18)19/h8-9H,2-7H2,1H3,(H,17,19). The van der Waals surface area contributed by atoms with Gasteiger partial charge in [0.1, 0.15) is 5.82 Å². The molecule has 0 saturated carbocycles. The van der Waals surface area contributed by atoms with E-state index in [-0.39, 0.29) is 5.02 Å². The molecule has 0 bridgehead atoms. The fraction of sp³-hybridized carbons (Fsp3) is 0.500. The van der Waals surface area contributed by atoms with E-state index in [1.807, 2.05) is 16.3 Å². The molecule has 0 aliphatic carbocycles. The van der Waals surface area contributed by atoms with Crippen molar-refractivity contribution in [3.05, 3.63) is 27.7 Å². The molecule has 1 N–H and O–H groups in total. The number of halogens is 2. The number of aryl methyl sites for hydroxylation is 1. The van der Waals surface area contributed by atoms with E-state index in [0.717, 1.165) is 18.5 Å². The first-order chi connectivity index (χ1) is 9.63. The van der Waals surface area contributed by atoms with Gasteiger partial charge >= 0.3 is 0 Å². The summed E-state index contributed by atoms with van der Waals surface area (Å²) < 4.78 is 16.1. The molecule has 0 fully saturated rings. The van der Waals surface area contributed by atoms with Crippen molar-refractivity contribution < 1.29 is 4.39 Å². The largest absolute Gasteiger partial charge is 0.330 e. The van der Waals surface area contributed by atoms with Crippen LogP contribution in [-0.4, -0.2) is 21.6 Å². The summed E-state index contributed by atoms with van der Waals surface area (Å²) in [5, 5.41) is 0.139. The lowest BCUT2D eigenvalue weighted by Gasteiger charge is -2.05. The van der Waals surface area contributed by atoms with Gasteiger partial charge in [-0.15, -0.1) is 0 Å². The van der Waals surface area contributed by atoms with Crippen molar-refractivity contribution in [2.24, 2.45) is 0 Å². The first kappa shape index (κ1) is 15.9. The maximum absolute atomic E-state index is 13.4. The Morgan fingerprint density at radius 2 is 2.05 bits per heavy atom. The minimum absolute atomic E-state index is 0.139. The number of fused-ring (bicyclic) bond motifs is 1. The van der Waals surface area contributed by atoms with Crippen molar-refractivity contribution in [3.63, 3.8) is 0 Å². The predicted octanol–water partition coefficient (Wildman–Crippen LogP) is 5.41. The van der Waals surface area contributed by atoms with Crippen LogP contribution >= 0.6 is 35.6 Å². The Kier molecular flexibility index (Phi) is 5.93. The molecule has 110 valence electrons. The lowest BCUT2D eigenvalue weighted by atomic mass is 10.2.